The number of likely N-dealkylation sites (N-methyl/N-ethyl adjacent to an activating group) is 1. The molecule has 2 heterocycles. The Balaban J connectivity index is 1.98. The van der Waals surface area contributed by atoms with E-state index in [4.69, 9.17) is 4.42 Å². The number of aliphatic hydroxyl groups is 1. The predicted octanol–water partition coefficient (Wildman–Crippen LogP) is 2.19. The SMILES string of the molecule is Cc1ccoc1C(O)c1ccc2c(c1)CC(=O)N2C. The average molecular weight is 257 g/mol. The molecule has 0 saturated heterocycles. The Hall–Kier alpha value is -2.07. The highest BCUT2D eigenvalue weighted by Crippen LogP contribution is 2.32. The lowest BCUT2D eigenvalue weighted by atomic mass is 10.0. The van der Waals surface area contributed by atoms with Gasteiger partial charge in [-0.05, 0) is 35.7 Å². The van der Waals surface area contributed by atoms with Crippen LogP contribution in [0.2, 0.25) is 0 Å². The smallest absolute Gasteiger partial charge is 0.231 e. The number of benzene rings is 1. The van der Waals surface area contributed by atoms with Crippen LogP contribution in [0.25, 0.3) is 0 Å². The van der Waals surface area contributed by atoms with Crippen LogP contribution in [0.3, 0.4) is 0 Å². The molecule has 3 rings (SSSR count). The molecule has 2 aromatic rings. The maximum Gasteiger partial charge on any atom is 0.231 e. The standard InChI is InChI=1S/C15H15NO3/c1-9-5-6-19-15(9)14(18)10-3-4-12-11(7-10)8-13(17)16(12)2/h3-7,14,18H,8H2,1-2H3. The monoisotopic (exact) mass is 257 g/mol. The predicted molar refractivity (Wildman–Crippen MR) is 71.1 cm³/mol. The first-order chi connectivity index (χ1) is 9.08. The number of anilines is 1. The number of fused-ring (bicyclic) bond motifs is 1. The van der Waals surface area contributed by atoms with E-state index in [9.17, 15) is 9.90 Å². The molecule has 0 bridgehead atoms. The van der Waals surface area contributed by atoms with Crippen molar-refractivity contribution in [2.24, 2.45) is 0 Å². The molecule has 1 atom stereocenters. The van der Waals surface area contributed by atoms with E-state index in [0.717, 1.165) is 22.4 Å². The van der Waals surface area contributed by atoms with Crippen LogP contribution in [0.4, 0.5) is 5.69 Å². The Morgan fingerprint density at radius 2 is 2.16 bits per heavy atom. The van der Waals surface area contributed by atoms with E-state index >= 15 is 0 Å². The minimum atomic E-state index is -0.790. The minimum absolute atomic E-state index is 0.0795. The maximum atomic E-state index is 11.6. The van der Waals surface area contributed by atoms with Crippen molar-refractivity contribution in [3.05, 3.63) is 53.0 Å². The third kappa shape index (κ3) is 1.85. The summed E-state index contributed by atoms with van der Waals surface area (Å²) >= 11 is 0. The molecule has 1 unspecified atom stereocenters. The van der Waals surface area contributed by atoms with Crippen LogP contribution in [-0.2, 0) is 11.2 Å². The first-order valence-corrected chi connectivity index (χ1v) is 6.19. The van der Waals surface area contributed by atoms with Gasteiger partial charge in [0, 0.05) is 12.7 Å². The van der Waals surface area contributed by atoms with Crippen LogP contribution in [0.1, 0.15) is 28.6 Å². The lowest BCUT2D eigenvalue weighted by Gasteiger charge is -2.13. The van der Waals surface area contributed by atoms with Gasteiger partial charge >= 0.3 is 0 Å². The highest BCUT2D eigenvalue weighted by Gasteiger charge is 2.25. The fraction of sp³-hybridized carbons (Fsp3) is 0.267. The maximum absolute atomic E-state index is 11.6. The van der Waals surface area contributed by atoms with Gasteiger partial charge in [0.1, 0.15) is 11.9 Å². The summed E-state index contributed by atoms with van der Waals surface area (Å²) in [6.07, 6.45) is 1.17. The topological polar surface area (TPSA) is 53.7 Å². The summed E-state index contributed by atoms with van der Waals surface area (Å²) in [4.78, 5) is 13.3. The normalized spacial score (nSPS) is 15.7. The number of hydrogen-bond acceptors (Lipinski definition) is 3. The lowest BCUT2D eigenvalue weighted by molar-refractivity contribution is -0.117. The first-order valence-electron chi connectivity index (χ1n) is 6.19. The Morgan fingerprint density at radius 1 is 1.37 bits per heavy atom. The van der Waals surface area contributed by atoms with Crippen LogP contribution >= 0.6 is 0 Å². The van der Waals surface area contributed by atoms with Crippen LogP contribution in [0.15, 0.2) is 34.9 Å². The van der Waals surface area contributed by atoms with Crippen LogP contribution < -0.4 is 4.90 Å². The molecule has 98 valence electrons. The molecular weight excluding hydrogens is 242 g/mol. The molecule has 1 aromatic heterocycles. The third-order valence-electron chi connectivity index (χ3n) is 3.65. The van der Waals surface area contributed by atoms with Crippen molar-refractivity contribution in [2.75, 3.05) is 11.9 Å². The highest BCUT2D eigenvalue weighted by atomic mass is 16.4. The number of amides is 1. The van der Waals surface area contributed by atoms with Gasteiger partial charge in [-0.15, -0.1) is 0 Å². The molecule has 0 aliphatic carbocycles. The fourth-order valence-electron chi connectivity index (χ4n) is 2.48. The Kier molecular flexibility index (Phi) is 2.68. The molecule has 1 aromatic carbocycles. The van der Waals surface area contributed by atoms with Crippen molar-refractivity contribution in [3.8, 4) is 0 Å². The Labute approximate surface area is 111 Å². The molecule has 0 fully saturated rings. The number of aryl methyl sites for hydroxylation is 1. The Bertz CT molecular complexity index is 645. The van der Waals surface area contributed by atoms with Crippen molar-refractivity contribution in [1.29, 1.82) is 0 Å². The largest absolute Gasteiger partial charge is 0.466 e. The molecule has 19 heavy (non-hydrogen) atoms. The molecule has 4 nitrogen and oxygen atoms in total. The van der Waals surface area contributed by atoms with E-state index in [-0.39, 0.29) is 5.91 Å². The molecule has 1 aliphatic rings. The van der Waals surface area contributed by atoms with Crippen molar-refractivity contribution in [1.82, 2.24) is 0 Å². The van der Waals surface area contributed by atoms with Gasteiger partial charge in [-0.25, -0.2) is 0 Å². The van der Waals surface area contributed by atoms with E-state index in [0.29, 0.717) is 12.2 Å². The zero-order chi connectivity index (χ0) is 13.6. The number of hydrogen-bond donors (Lipinski definition) is 1. The number of carbonyl (C=O) groups excluding carboxylic acids is 1. The summed E-state index contributed by atoms with van der Waals surface area (Å²) in [5, 5.41) is 10.3. The van der Waals surface area contributed by atoms with Crippen LogP contribution in [0, 0.1) is 6.92 Å². The summed E-state index contributed by atoms with van der Waals surface area (Å²) in [7, 11) is 1.76. The van der Waals surface area contributed by atoms with E-state index in [1.807, 2.05) is 31.2 Å². The minimum Gasteiger partial charge on any atom is -0.466 e. The van der Waals surface area contributed by atoms with E-state index in [1.54, 1.807) is 18.2 Å². The number of rotatable bonds is 2. The number of aliphatic hydroxyl groups excluding tert-OH is 1. The van der Waals surface area contributed by atoms with E-state index in [1.165, 1.54) is 0 Å². The van der Waals surface area contributed by atoms with Gasteiger partial charge in [-0.3, -0.25) is 4.79 Å². The van der Waals surface area contributed by atoms with E-state index < -0.39 is 6.10 Å². The van der Waals surface area contributed by atoms with Crippen molar-refractivity contribution >= 4 is 11.6 Å². The molecule has 0 spiro atoms. The van der Waals surface area contributed by atoms with Gasteiger partial charge in [0.15, 0.2) is 0 Å². The van der Waals surface area contributed by atoms with Gasteiger partial charge in [0.25, 0.3) is 0 Å². The number of nitrogens with zero attached hydrogens (tertiary/aromatic N) is 1. The number of carbonyl (C=O) groups is 1. The zero-order valence-corrected chi connectivity index (χ0v) is 10.9. The first kappa shape index (κ1) is 12.0. The second kappa shape index (κ2) is 4.24. The second-order valence-electron chi connectivity index (χ2n) is 4.89. The highest BCUT2D eigenvalue weighted by molar-refractivity contribution is 6.00. The molecule has 1 amide bonds. The number of furan rings is 1. The molecule has 1 N–H and O–H groups in total. The van der Waals surface area contributed by atoms with Crippen molar-refractivity contribution in [2.45, 2.75) is 19.4 Å². The second-order valence-corrected chi connectivity index (χ2v) is 4.89. The Morgan fingerprint density at radius 3 is 2.84 bits per heavy atom. The van der Waals surface area contributed by atoms with Gasteiger partial charge in [0.05, 0.1) is 12.7 Å². The van der Waals surface area contributed by atoms with Crippen LogP contribution in [0.5, 0.6) is 0 Å². The fourth-order valence-corrected chi connectivity index (χ4v) is 2.48. The van der Waals surface area contributed by atoms with Gasteiger partial charge in [0.2, 0.25) is 5.91 Å². The van der Waals surface area contributed by atoms with Crippen molar-refractivity contribution < 1.29 is 14.3 Å². The quantitative estimate of drug-likeness (QED) is 0.897. The van der Waals surface area contributed by atoms with E-state index in [2.05, 4.69) is 0 Å². The molecule has 0 radical (unpaired) electrons. The molecule has 0 saturated carbocycles. The molecule has 1 aliphatic heterocycles. The molecule has 4 heteroatoms. The van der Waals surface area contributed by atoms with Crippen LogP contribution in [-0.4, -0.2) is 18.1 Å². The molecular formula is C15H15NO3. The zero-order valence-electron chi connectivity index (χ0n) is 10.9. The average Bonchev–Trinajstić information content (AvgIpc) is 2.93. The summed E-state index contributed by atoms with van der Waals surface area (Å²) in [5.41, 5.74) is 3.53. The third-order valence-corrected chi connectivity index (χ3v) is 3.65. The summed E-state index contributed by atoms with van der Waals surface area (Å²) in [6, 6.07) is 7.41. The summed E-state index contributed by atoms with van der Waals surface area (Å²) < 4.78 is 5.31. The van der Waals surface area contributed by atoms with Gasteiger partial charge < -0.3 is 14.4 Å². The lowest BCUT2D eigenvalue weighted by Crippen LogP contribution is -2.20. The van der Waals surface area contributed by atoms with Gasteiger partial charge in [-0.1, -0.05) is 12.1 Å². The summed E-state index contributed by atoms with van der Waals surface area (Å²) in [6.45, 7) is 1.90. The van der Waals surface area contributed by atoms with Gasteiger partial charge in [-0.2, -0.15) is 0 Å². The van der Waals surface area contributed by atoms with Crippen molar-refractivity contribution in [3.63, 3.8) is 0 Å². The summed E-state index contributed by atoms with van der Waals surface area (Å²) in [5.74, 6) is 0.633.